The van der Waals surface area contributed by atoms with Crippen LogP contribution in [0.1, 0.15) is 19.3 Å². The average Bonchev–Trinajstić information content (AvgIpc) is 2.21. The summed E-state index contributed by atoms with van der Waals surface area (Å²) >= 11 is 0. The minimum Gasteiger partial charge on any atom is -0.322 e. The van der Waals surface area contributed by atoms with Gasteiger partial charge in [0.2, 0.25) is 0 Å². The molecule has 2 aliphatic carbocycles. The second-order valence-corrected chi connectivity index (χ2v) is 3.10. The molecule has 2 aliphatic rings. The molecule has 0 aromatic rings. The summed E-state index contributed by atoms with van der Waals surface area (Å²) in [6, 6.07) is 0. The lowest BCUT2D eigenvalue weighted by Gasteiger charge is -2.14. The second kappa shape index (κ2) is 1.99. The summed E-state index contributed by atoms with van der Waals surface area (Å²) in [4.78, 5) is 0. The summed E-state index contributed by atoms with van der Waals surface area (Å²) in [6.45, 7) is 0. The first-order valence-electron chi connectivity index (χ1n) is 3.27. The van der Waals surface area contributed by atoms with E-state index in [1.54, 1.807) is 0 Å². The van der Waals surface area contributed by atoms with Crippen LogP contribution in [0.3, 0.4) is 0 Å². The lowest BCUT2D eigenvalue weighted by molar-refractivity contribution is 0.559. The predicted octanol–water partition coefficient (Wildman–Crippen LogP) is 1.48. The molecule has 1 fully saturated rings. The van der Waals surface area contributed by atoms with Crippen molar-refractivity contribution < 1.29 is 0 Å². The zero-order chi connectivity index (χ0) is 5.61. The second-order valence-electron chi connectivity index (χ2n) is 3.10. The topological polar surface area (TPSA) is 26.0 Å². The standard InChI is InChI=1S/C7H11N.ClH/c8-7-3-1-6(5-7)2-4-7;/h1,3,6H,2,4-5,8H2;1H. The Morgan fingerprint density at radius 1 is 1.56 bits per heavy atom. The van der Waals surface area contributed by atoms with E-state index in [-0.39, 0.29) is 17.9 Å². The van der Waals surface area contributed by atoms with Gasteiger partial charge in [0, 0.05) is 5.54 Å². The molecule has 1 saturated carbocycles. The maximum Gasteiger partial charge on any atom is 0.0345 e. The molecule has 1 nitrogen and oxygen atoms in total. The Morgan fingerprint density at radius 3 is 2.44 bits per heavy atom. The largest absolute Gasteiger partial charge is 0.322 e. The van der Waals surface area contributed by atoms with Crippen molar-refractivity contribution >= 4 is 12.4 Å². The van der Waals surface area contributed by atoms with E-state index in [2.05, 4.69) is 12.2 Å². The van der Waals surface area contributed by atoms with Crippen LogP contribution in [-0.2, 0) is 0 Å². The summed E-state index contributed by atoms with van der Waals surface area (Å²) in [5.74, 6) is 0.833. The van der Waals surface area contributed by atoms with E-state index in [0.29, 0.717) is 0 Å². The van der Waals surface area contributed by atoms with Gasteiger partial charge < -0.3 is 5.73 Å². The van der Waals surface area contributed by atoms with Crippen molar-refractivity contribution in [3.05, 3.63) is 12.2 Å². The number of fused-ring (bicyclic) bond motifs is 2. The van der Waals surface area contributed by atoms with Crippen molar-refractivity contribution in [3.8, 4) is 0 Å². The molecule has 2 atom stereocenters. The van der Waals surface area contributed by atoms with E-state index < -0.39 is 0 Å². The fourth-order valence-corrected chi connectivity index (χ4v) is 1.79. The molecule has 9 heavy (non-hydrogen) atoms. The molecule has 0 spiro atoms. The van der Waals surface area contributed by atoms with Crippen LogP contribution in [0.4, 0.5) is 0 Å². The van der Waals surface area contributed by atoms with Crippen molar-refractivity contribution in [1.82, 2.24) is 0 Å². The van der Waals surface area contributed by atoms with Crippen LogP contribution >= 0.6 is 12.4 Å². The molecule has 0 aromatic heterocycles. The van der Waals surface area contributed by atoms with Crippen molar-refractivity contribution in [2.45, 2.75) is 24.8 Å². The third kappa shape index (κ3) is 0.993. The van der Waals surface area contributed by atoms with Gasteiger partial charge in [-0.2, -0.15) is 0 Å². The predicted molar refractivity (Wildman–Crippen MR) is 40.6 cm³/mol. The van der Waals surface area contributed by atoms with Gasteiger partial charge in [-0.1, -0.05) is 12.2 Å². The number of rotatable bonds is 0. The Bertz CT molecular complexity index is 144. The molecule has 0 radical (unpaired) electrons. The van der Waals surface area contributed by atoms with E-state index >= 15 is 0 Å². The van der Waals surface area contributed by atoms with Crippen LogP contribution in [0, 0.1) is 5.92 Å². The molecule has 0 aliphatic heterocycles. The molecule has 2 heteroatoms. The molecule has 0 saturated heterocycles. The Morgan fingerprint density at radius 2 is 2.33 bits per heavy atom. The molecule has 0 aromatic carbocycles. The van der Waals surface area contributed by atoms with E-state index in [9.17, 15) is 0 Å². The summed E-state index contributed by atoms with van der Waals surface area (Å²) in [5.41, 5.74) is 6.04. The molecular formula is C7H12ClN. The average molecular weight is 146 g/mol. The minimum absolute atomic E-state index is 0. The Labute approximate surface area is 61.7 Å². The van der Waals surface area contributed by atoms with Crippen LogP contribution in [0.5, 0.6) is 0 Å². The molecule has 52 valence electrons. The first-order valence-corrected chi connectivity index (χ1v) is 3.27. The van der Waals surface area contributed by atoms with Crippen LogP contribution in [0.25, 0.3) is 0 Å². The summed E-state index contributed by atoms with van der Waals surface area (Å²) in [7, 11) is 0. The summed E-state index contributed by atoms with van der Waals surface area (Å²) in [6.07, 6.45) is 8.21. The third-order valence-corrected chi connectivity index (χ3v) is 2.32. The van der Waals surface area contributed by atoms with Gasteiger partial charge in [0.15, 0.2) is 0 Å². The van der Waals surface area contributed by atoms with E-state index in [4.69, 9.17) is 5.73 Å². The number of hydrogen-bond donors (Lipinski definition) is 1. The number of halogens is 1. The molecule has 2 unspecified atom stereocenters. The van der Waals surface area contributed by atoms with Crippen molar-refractivity contribution in [3.63, 3.8) is 0 Å². The maximum atomic E-state index is 5.91. The molecule has 2 rings (SSSR count). The Balaban J connectivity index is 0.000000405. The van der Waals surface area contributed by atoms with Crippen molar-refractivity contribution in [2.24, 2.45) is 11.7 Å². The highest BCUT2D eigenvalue weighted by Crippen LogP contribution is 2.40. The zero-order valence-electron chi connectivity index (χ0n) is 5.34. The Kier molecular flexibility index (Phi) is 1.57. The smallest absolute Gasteiger partial charge is 0.0345 e. The highest BCUT2D eigenvalue weighted by atomic mass is 35.5. The molecule has 2 N–H and O–H groups in total. The molecular weight excluding hydrogens is 134 g/mol. The molecule has 0 amide bonds. The van der Waals surface area contributed by atoms with Gasteiger partial charge in [-0.05, 0) is 25.2 Å². The summed E-state index contributed by atoms with van der Waals surface area (Å²) < 4.78 is 0. The van der Waals surface area contributed by atoms with Crippen LogP contribution < -0.4 is 5.73 Å². The number of hydrogen-bond acceptors (Lipinski definition) is 1. The van der Waals surface area contributed by atoms with Gasteiger partial charge in [0.1, 0.15) is 0 Å². The van der Waals surface area contributed by atoms with Crippen LogP contribution in [-0.4, -0.2) is 5.54 Å². The Hall–Kier alpha value is -0.0100. The normalized spacial score (nSPS) is 45.2. The van der Waals surface area contributed by atoms with Gasteiger partial charge in [-0.3, -0.25) is 0 Å². The highest BCUT2D eigenvalue weighted by molar-refractivity contribution is 5.85. The lowest BCUT2D eigenvalue weighted by Crippen LogP contribution is -2.32. The van der Waals surface area contributed by atoms with Gasteiger partial charge in [0.05, 0.1) is 0 Å². The third-order valence-electron chi connectivity index (χ3n) is 2.32. The monoisotopic (exact) mass is 145 g/mol. The molecule has 2 bridgehead atoms. The lowest BCUT2D eigenvalue weighted by atomic mass is 10.0. The van der Waals surface area contributed by atoms with Gasteiger partial charge in [-0.25, -0.2) is 0 Å². The zero-order valence-corrected chi connectivity index (χ0v) is 6.16. The van der Waals surface area contributed by atoms with Crippen molar-refractivity contribution in [1.29, 1.82) is 0 Å². The quantitative estimate of drug-likeness (QED) is 0.514. The number of allylic oxidation sites excluding steroid dienone is 1. The fraction of sp³-hybridized carbons (Fsp3) is 0.714. The first kappa shape index (κ1) is 7.10. The summed E-state index contributed by atoms with van der Waals surface area (Å²) in [5, 5.41) is 0. The number of nitrogens with two attached hydrogens (primary N) is 1. The van der Waals surface area contributed by atoms with E-state index in [1.807, 2.05) is 0 Å². The maximum absolute atomic E-state index is 5.91. The van der Waals surface area contributed by atoms with Crippen molar-refractivity contribution in [2.75, 3.05) is 0 Å². The molecule has 0 heterocycles. The fourth-order valence-electron chi connectivity index (χ4n) is 1.79. The highest BCUT2D eigenvalue weighted by Gasteiger charge is 2.36. The van der Waals surface area contributed by atoms with Crippen LogP contribution in [0.2, 0.25) is 0 Å². The SMILES string of the molecule is Cl.NC12C=CC(CC1)C2. The van der Waals surface area contributed by atoms with Gasteiger partial charge in [0.25, 0.3) is 0 Å². The first-order chi connectivity index (χ1) is 3.79. The van der Waals surface area contributed by atoms with Crippen LogP contribution in [0.15, 0.2) is 12.2 Å². The van der Waals surface area contributed by atoms with E-state index in [1.165, 1.54) is 19.3 Å². The van der Waals surface area contributed by atoms with Gasteiger partial charge in [-0.15, -0.1) is 12.4 Å². The minimum atomic E-state index is 0. The van der Waals surface area contributed by atoms with E-state index in [0.717, 1.165) is 5.92 Å². The van der Waals surface area contributed by atoms with Gasteiger partial charge >= 0.3 is 0 Å².